The van der Waals surface area contributed by atoms with Crippen molar-refractivity contribution in [3.8, 4) is 11.8 Å². The van der Waals surface area contributed by atoms with Crippen molar-refractivity contribution >= 4 is 5.91 Å². The van der Waals surface area contributed by atoms with Crippen molar-refractivity contribution < 1.29 is 9.90 Å². The van der Waals surface area contributed by atoms with E-state index in [9.17, 15) is 4.79 Å². The third kappa shape index (κ3) is 5.56. The summed E-state index contributed by atoms with van der Waals surface area (Å²) in [7, 11) is 0. The lowest BCUT2D eigenvalue weighted by molar-refractivity contribution is -0.119. The summed E-state index contributed by atoms with van der Waals surface area (Å²) in [6.45, 7) is 4.85. The maximum atomic E-state index is 11.0. The average Bonchev–Trinajstić information content (AvgIpc) is 2.36. The number of hydrogen-bond acceptors (Lipinski definition) is 3. The third-order valence-corrected chi connectivity index (χ3v) is 2.74. The minimum absolute atomic E-state index is 0.137. The van der Waals surface area contributed by atoms with Crippen molar-refractivity contribution in [2.24, 2.45) is 5.73 Å². The number of primary amides is 1. The Labute approximate surface area is 114 Å². The summed E-state index contributed by atoms with van der Waals surface area (Å²) in [6.07, 6.45) is 0. The molecule has 0 aliphatic rings. The Morgan fingerprint density at radius 1 is 1.37 bits per heavy atom. The minimum Gasteiger partial charge on any atom is -0.384 e. The van der Waals surface area contributed by atoms with E-state index in [0.717, 1.165) is 11.1 Å². The number of rotatable bonds is 5. The largest absolute Gasteiger partial charge is 0.384 e. The Bertz CT molecular complexity index is 469. The summed E-state index contributed by atoms with van der Waals surface area (Å²) < 4.78 is 0. The molecule has 0 aliphatic heterocycles. The molecule has 0 fully saturated rings. The molecule has 1 rings (SSSR count). The number of nitrogens with zero attached hydrogens (tertiary/aromatic N) is 1. The third-order valence-electron chi connectivity index (χ3n) is 2.74. The summed E-state index contributed by atoms with van der Waals surface area (Å²) in [5.74, 6) is 5.12. The van der Waals surface area contributed by atoms with Crippen LogP contribution in [0.3, 0.4) is 0 Å². The second kappa shape index (κ2) is 7.57. The number of carbonyl (C=O) groups excluding carboxylic acids is 1. The Kier molecular flexibility index (Phi) is 6.07. The first-order chi connectivity index (χ1) is 9.02. The lowest BCUT2D eigenvalue weighted by Crippen LogP contribution is -2.37. The molecular formula is C15H20N2O2. The van der Waals surface area contributed by atoms with Gasteiger partial charge >= 0.3 is 0 Å². The second-order valence-corrected chi connectivity index (χ2v) is 4.62. The van der Waals surface area contributed by atoms with Crippen molar-refractivity contribution in [1.82, 2.24) is 4.90 Å². The number of benzene rings is 1. The second-order valence-electron chi connectivity index (χ2n) is 4.62. The molecule has 1 amide bonds. The van der Waals surface area contributed by atoms with Crippen LogP contribution in [0.2, 0.25) is 0 Å². The molecule has 4 nitrogen and oxygen atoms in total. The Balaban J connectivity index is 2.72. The van der Waals surface area contributed by atoms with Crippen LogP contribution in [0, 0.1) is 11.8 Å². The van der Waals surface area contributed by atoms with Crippen molar-refractivity contribution in [3.63, 3.8) is 0 Å². The van der Waals surface area contributed by atoms with Gasteiger partial charge in [-0.3, -0.25) is 9.69 Å². The van der Waals surface area contributed by atoms with Crippen LogP contribution in [0.25, 0.3) is 0 Å². The van der Waals surface area contributed by atoms with Crippen LogP contribution in [0.1, 0.15) is 25.0 Å². The molecule has 0 atom stereocenters. The first-order valence-corrected chi connectivity index (χ1v) is 6.24. The van der Waals surface area contributed by atoms with Gasteiger partial charge in [0.05, 0.1) is 6.54 Å². The molecule has 0 aliphatic carbocycles. The number of amides is 1. The normalized spacial score (nSPS) is 10.4. The average molecular weight is 260 g/mol. The fourth-order valence-corrected chi connectivity index (χ4v) is 1.69. The maximum Gasteiger partial charge on any atom is 0.231 e. The molecule has 1 aromatic carbocycles. The molecule has 0 heterocycles. The van der Waals surface area contributed by atoms with Crippen molar-refractivity contribution in [2.45, 2.75) is 26.4 Å². The quantitative estimate of drug-likeness (QED) is 0.767. The van der Waals surface area contributed by atoms with Crippen LogP contribution in [0.15, 0.2) is 24.3 Å². The van der Waals surface area contributed by atoms with E-state index in [-0.39, 0.29) is 25.1 Å². The Morgan fingerprint density at radius 2 is 2.00 bits per heavy atom. The minimum atomic E-state index is -0.320. The van der Waals surface area contributed by atoms with E-state index in [1.807, 2.05) is 43.0 Å². The van der Waals surface area contributed by atoms with E-state index in [2.05, 4.69) is 11.8 Å². The first kappa shape index (κ1) is 15.2. The van der Waals surface area contributed by atoms with Crippen LogP contribution in [0.4, 0.5) is 0 Å². The summed E-state index contributed by atoms with van der Waals surface area (Å²) >= 11 is 0. The zero-order chi connectivity index (χ0) is 14.3. The maximum absolute atomic E-state index is 11.0. The van der Waals surface area contributed by atoms with Gasteiger partial charge in [-0.05, 0) is 31.5 Å². The molecule has 4 heteroatoms. The van der Waals surface area contributed by atoms with Gasteiger partial charge in [-0.2, -0.15) is 0 Å². The summed E-state index contributed by atoms with van der Waals surface area (Å²) in [5.41, 5.74) is 7.21. The van der Waals surface area contributed by atoms with E-state index in [0.29, 0.717) is 6.54 Å². The van der Waals surface area contributed by atoms with Crippen molar-refractivity contribution in [3.05, 3.63) is 35.4 Å². The molecule has 0 saturated carbocycles. The molecule has 1 aromatic rings. The van der Waals surface area contributed by atoms with E-state index < -0.39 is 0 Å². The predicted molar refractivity (Wildman–Crippen MR) is 75.1 cm³/mol. The van der Waals surface area contributed by atoms with Crippen LogP contribution in [-0.2, 0) is 11.3 Å². The molecule has 19 heavy (non-hydrogen) atoms. The van der Waals surface area contributed by atoms with Gasteiger partial charge in [0.1, 0.15) is 6.61 Å². The van der Waals surface area contributed by atoms with Gasteiger partial charge in [0.2, 0.25) is 5.91 Å². The number of aliphatic hydroxyl groups excluding tert-OH is 1. The fourth-order valence-electron chi connectivity index (χ4n) is 1.69. The van der Waals surface area contributed by atoms with Gasteiger partial charge in [-0.25, -0.2) is 0 Å². The van der Waals surface area contributed by atoms with Gasteiger partial charge in [0.25, 0.3) is 0 Å². The van der Waals surface area contributed by atoms with Crippen LogP contribution >= 0.6 is 0 Å². The molecule has 0 saturated heterocycles. The Morgan fingerprint density at radius 3 is 2.47 bits per heavy atom. The van der Waals surface area contributed by atoms with Crippen molar-refractivity contribution in [2.75, 3.05) is 13.2 Å². The van der Waals surface area contributed by atoms with Crippen LogP contribution < -0.4 is 5.73 Å². The fraction of sp³-hybridized carbons (Fsp3) is 0.400. The zero-order valence-electron chi connectivity index (χ0n) is 11.4. The lowest BCUT2D eigenvalue weighted by Gasteiger charge is -2.24. The topological polar surface area (TPSA) is 66.6 Å². The van der Waals surface area contributed by atoms with Gasteiger partial charge in [0, 0.05) is 18.2 Å². The van der Waals surface area contributed by atoms with Gasteiger partial charge in [-0.1, -0.05) is 24.0 Å². The highest BCUT2D eigenvalue weighted by Gasteiger charge is 2.12. The van der Waals surface area contributed by atoms with Crippen LogP contribution in [-0.4, -0.2) is 35.1 Å². The van der Waals surface area contributed by atoms with Crippen LogP contribution in [0.5, 0.6) is 0 Å². The number of nitrogens with two attached hydrogens (primary N) is 1. The summed E-state index contributed by atoms with van der Waals surface area (Å²) in [4.78, 5) is 13.0. The number of hydrogen-bond donors (Lipinski definition) is 2. The number of carbonyl (C=O) groups is 1. The highest BCUT2D eigenvalue weighted by molar-refractivity contribution is 5.75. The SMILES string of the molecule is CC(C)N(CC(N)=O)Cc1ccc(C#CCO)cc1. The van der Waals surface area contributed by atoms with E-state index in [1.165, 1.54) is 0 Å². The molecule has 3 N–H and O–H groups in total. The number of aliphatic hydroxyl groups is 1. The van der Waals surface area contributed by atoms with E-state index in [1.54, 1.807) is 0 Å². The van der Waals surface area contributed by atoms with E-state index >= 15 is 0 Å². The highest BCUT2D eigenvalue weighted by atomic mass is 16.2. The van der Waals surface area contributed by atoms with Gasteiger partial charge in [-0.15, -0.1) is 0 Å². The summed E-state index contributed by atoms with van der Waals surface area (Å²) in [6, 6.07) is 8.00. The summed E-state index contributed by atoms with van der Waals surface area (Å²) in [5, 5.41) is 8.62. The van der Waals surface area contributed by atoms with Gasteiger partial charge < -0.3 is 10.8 Å². The predicted octanol–water partition coefficient (Wildman–Crippen LogP) is 0.726. The first-order valence-electron chi connectivity index (χ1n) is 6.24. The molecular weight excluding hydrogens is 240 g/mol. The van der Waals surface area contributed by atoms with E-state index in [4.69, 9.17) is 10.8 Å². The molecule has 0 unspecified atom stereocenters. The monoisotopic (exact) mass is 260 g/mol. The lowest BCUT2D eigenvalue weighted by atomic mass is 10.1. The van der Waals surface area contributed by atoms with Gasteiger partial charge in [0.15, 0.2) is 0 Å². The molecule has 0 spiro atoms. The molecule has 0 bridgehead atoms. The molecule has 0 aromatic heterocycles. The Hall–Kier alpha value is -1.83. The highest BCUT2D eigenvalue weighted by Crippen LogP contribution is 2.09. The smallest absolute Gasteiger partial charge is 0.231 e. The zero-order valence-corrected chi connectivity index (χ0v) is 11.4. The molecule has 102 valence electrons. The van der Waals surface area contributed by atoms with Crippen molar-refractivity contribution in [1.29, 1.82) is 0 Å². The molecule has 0 radical (unpaired) electrons. The standard InChI is InChI=1S/C15H20N2O2/c1-12(2)17(11-15(16)19)10-14-7-5-13(6-8-14)4-3-9-18/h5-8,12,18H,9-11H2,1-2H3,(H2,16,19).